The number of carbonyl (C=O) groups is 1. The number of allylic oxidation sites excluding steroid dienone is 1. The fourth-order valence-electron chi connectivity index (χ4n) is 4.34. The van der Waals surface area contributed by atoms with E-state index in [1.807, 2.05) is 56.3 Å². The maximum Gasteiger partial charge on any atom is 0.255 e. The van der Waals surface area contributed by atoms with E-state index in [1.54, 1.807) is 0 Å². The molecule has 1 aliphatic heterocycles. The van der Waals surface area contributed by atoms with Crippen molar-refractivity contribution in [3.8, 4) is 0 Å². The molecule has 0 saturated heterocycles. The molecule has 5 rings (SSSR count). The second-order valence-electron chi connectivity index (χ2n) is 8.28. The number of nitrogens with zero attached hydrogens (tertiary/aromatic N) is 2. The van der Waals surface area contributed by atoms with E-state index in [0.29, 0.717) is 5.57 Å². The smallest absolute Gasteiger partial charge is 0.255 e. The third-order valence-corrected chi connectivity index (χ3v) is 6.09. The number of para-hydroxylation sites is 2. The zero-order valence-corrected chi connectivity index (χ0v) is 18.5. The van der Waals surface area contributed by atoms with Crippen LogP contribution in [0.3, 0.4) is 0 Å². The summed E-state index contributed by atoms with van der Waals surface area (Å²) in [5.41, 5.74) is 7.65. The lowest BCUT2D eigenvalue weighted by Crippen LogP contribution is -2.30. The fraction of sp³-hybridized carbons (Fsp3) is 0.185. The summed E-state index contributed by atoms with van der Waals surface area (Å²) in [6.07, 6.45) is 0.974. The average Bonchev–Trinajstić information content (AvgIpc) is 3.17. The van der Waals surface area contributed by atoms with E-state index in [1.165, 1.54) is 5.56 Å². The SMILES string of the molecule is CCc1ccc([C@@H]2C(C(=O)Nc3ccc(C)cc3)=C(C)Nc3nc4ccccc4n32)cc1. The molecule has 5 heteroatoms. The summed E-state index contributed by atoms with van der Waals surface area (Å²) in [6, 6.07) is 24.2. The third-order valence-electron chi connectivity index (χ3n) is 6.09. The van der Waals surface area contributed by atoms with Crippen LogP contribution in [-0.4, -0.2) is 15.5 Å². The number of amides is 1. The van der Waals surface area contributed by atoms with E-state index >= 15 is 0 Å². The molecule has 2 heterocycles. The summed E-state index contributed by atoms with van der Waals surface area (Å²) in [6.45, 7) is 6.12. The Morgan fingerprint density at radius 1 is 1.00 bits per heavy atom. The lowest BCUT2D eigenvalue weighted by molar-refractivity contribution is -0.113. The van der Waals surface area contributed by atoms with Gasteiger partial charge in [-0.15, -0.1) is 0 Å². The molecule has 0 saturated carbocycles. The molecule has 4 aromatic rings. The van der Waals surface area contributed by atoms with Crippen LogP contribution in [-0.2, 0) is 11.2 Å². The van der Waals surface area contributed by atoms with Gasteiger partial charge in [0.05, 0.1) is 22.6 Å². The van der Waals surface area contributed by atoms with Crippen molar-refractivity contribution in [2.45, 2.75) is 33.2 Å². The third kappa shape index (κ3) is 3.46. The first kappa shape index (κ1) is 20.1. The van der Waals surface area contributed by atoms with Gasteiger partial charge in [-0.05, 0) is 55.7 Å². The summed E-state index contributed by atoms with van der Waals surface area (Å²) in [5, 5.41) is 6.46. The molecule has 160 valence electrons. The van der Waals surface area contributed by atoms with Crippen LogP contribution in [0.1, 0.15) is 36.6 Å². The van der Waals surface area contributed by atoms with E-state index in [-0.39, 0.29) is 11.9 Å². The highest BCUT2D eigenvalue weighted by Gasteiger charge is 2.34. The van der Waals surface area contributed by atoms with Gasteiger partial charge in [0, 0.05) is 11.4 Å². The van der Waals surface area contributed by atoms with Gasteiger partial charge in [0.25, 0.3) is 5.91 Å². The minimum Gasteiger partial charge on any atom is -0.329 e. The van der Waals surface area contributed by atoms with Crippen molar-refractivity contribution in [1.29, 1.82) is 0 Å². The first-order valence-electron chi connectivity index (χ1n) is 11.0. The monoisotopic (exact) mass is 422 g/mol. The van der Waals surface area contributed by atoms with Gasteiger partial charge in [-0.25, -0.2) is 4.98 Å². The molecule has 0 unspecified atom stereocenters. The van der Waals surface area contributed by atoms with E-state index in [9.17, 15) is 4.79 Å². The molecule has 0 fully saturated rings. The van der Waals surface area contributed by atoms with Gasteiger partial charge in [0.15, 0.2) is 0 Å². The Bertz CT molecular complexity index is 1330. The number of carbonyl (C=O) groups excluding carboxylic acids is 1. The van der Waals surface area contributed by atoms with E-state index < -0.39 is 0 Å². The standard InChI is InChI=1S/C27H26N4O/c1-4-19-11-13-20(14-12-19)25-24(26(32)29-21-15-9-17(2)10-16-21)18(3)28-27-30-22-7-5-6-8-23(22)31(25)27/h5-16,25H,4H2,1-3H3,(H,28,30)(H,29,32)/t25-/m1/s1. The Balaban J connectivity index is 1.64. The Hall–Kier alpha value is -3.86. The van der Waals surface area contributed by atoms with Crippen molar-refractivity contribution < 1.29 is 4.79 Å². The second-order valence-corrected chi connectivity index (χ2v) is 8.28. The van der Waals surface area contributed by atoms with Crippen LogP contribution in [0, 0.1) is 6.92 Å². The normalized spacial score (nSPS) is 15.4. The van der Waals surface area contributed by atoms with E-state index in [0.717, 1.165) is 45.9 Å². The van der Waals surface area contributed by atoms with Gasteiger partial charge in [-0.2, -0.15) is 0 Å². The van der Waals surface area contributed by atoms with Gasteiger partial charge < -0.3 is 10.6 Å². The van der Waals surface area contributed by atoms with E-state index in [2.05, 4.69) is 52.5 Å². The topological polar surface area (TPSA) is 59.0 Å². The highest BCUT2D eigenvalue weighted by atomic mass is 16.1. The van der Waals surface area contributed by atoms with Crippen LogP contribution in [0.5, 0.6) is 0 Å². The quantitative estimate of drug-likeness (QED) is 0.435. The van der Waals surface area contributed by atoms with Crippen molar-refractivity contribution in [3.63, 3.8) is 0 Å². The van der Waals surface area contributed by atoms with Crippen molar-refractivity contribution in [2.24, 2.45) is 0 Å². The summed E-state index contributed by atoms with van der Waals surface area (Å²) in [5.74, 6) is 0.631. The van der Waals surface area contributed by atoms with Gasteiger partial charge in [-0.3, -0.25) is 9.36 Å². The summed E-state index contributed by atoms with van der Waals surface area (Å²) in [7, 11) is 0. The van der Waals surface area contributed by atoms with Crippen molar-refractivity contribution in [3.05, 3.63) is 101 Å². The number of benzene rings is 3. The molecular formula is C27H26N4O. The molecule has 3 aromatic carbocycles. The number of rotatable bonds is 4. The minimum atomic E-state index is -0.282. The maximum absolute atomic E-state index is 13.6. The number of aromatic nitrogens is 2. The van der Waals surface area contributed by atoms with Gasteiger partial charge in [0.2, 0.25) is 5.95 Å². The molecule has 32 heavy (non-hydrogen) atoms. The first-order valence-corrected chi connectivity index (χ1v) is 11.0. The number of imidazole rings is 1. The Kier molecular flexibility index (Phi) is 5.02. The molecule has 2 N–H and O–H groups in total. The Morgan fingerprint density at radius 3 is 2.44 bits per heavy atom. The summed E-state index contributed by atoms with van der Waals surface area (Å²) in [4.78, 5) is 18.4. The minimum absolute atomic E-state index is 0.119. The second kappa shape index (κ2) is 8.00. The Morgan fingerprint density at radius 2 is 1.72 bits per heavy atom. The summed E-state index contributed by atoms with van der Waals surface area (Å²) >= 11 is 0. The van der Waals surface area contributed by atoms with E-state index in [4.69, 9.17) is 4.98 Å². The molecule has 1 atom stereocenters. The molecule has 1 aromatic heterocycles. The zero-order valence-electron chi connectivity index (χ0n) is 18.5. The molecule has 0 bridgehead atoms. The van der Waals surface area contributed by atoms with Crippen molar-refractivity contribution in [2.75, 3.05) is 10.6 Å². The van der Waals surface area contributed by atoms with Crippen LogP contribution in [0.25, 0.3) is 11.0 Å². The average molecular weight is 423 g/mol. The maximum atomic E-state index is 13.6. The zero-order chi connectivity index (χ0) is 22.2. The fourth-order valence-corrected chi connectivity index (χ4v) is 4.34. The number of hydrogen-bond donors (Lipinski definition) is 2. The number of hydrogen-bond acceptors (Lipinski definition) is 3. The predicted octanol–water partition coefficient (Wildman–Crippen LogP) is 5.83. The molecule has 1 amide bonds. The molecule has 1 aliphatic rings. The van der Waals surface area contributed by atoms with Crippen molar-refractivity contribution in [1.82, 2.24) is 9.55 Å². The van der Waals surface area contributed by atoms with Crippen LogP contribution < -0.4 is 10.6 Å². The number of fused-ring (bicyclic) bond motifs is 3. The van der Waals surface area contributed by atoms with Crippen LogP contribution in [0.4, 0.5) is 11.6 Å². The number of anilines is 2. The lowest BCUT2D eigenvalue weighted by atomic mass is 9.93. The molecule has 0 radical (unpaired) electrons. The Labute approximate surface area is 187 Å². The number of nitrogens with one attached hydrogen (secondary N) is 2. The molecular weight excluding hydrogens is 396 g/mol. The molecule has 5 nitrogen and oxygen atoms in total. The highest BCUT2D eigenvalue weighted by Crippen LogP contribution is 2.39. The van der Waals surface area contributed by atoms with Gasteiger partial charge in [-0.1, -0.05) is 61.0 Å². The van der Waals surface area contributed by atoms with Crippen LogP contribution in [0.15, 0.2) is 84.1 Å². The predicted molar refractivity (Wildman–Crippen MR) is 130 cm³/mol. The molecule has 0 spiro atoms. The largest absolute Gasteiger partial charge is 0.329 e. The lowest BCUT2D eigenvalue weighted by Gasteiger charge is -2.31. The van der Waals surface area contributed by atoms with Crippen LogP contribution in [0.2, 0.25) is 0 Å². The number of aryl methyl sites for hydroxylation is 2. The van der Waals surface area contributed by atoms with Gasteiger partial charge >= 0.3 is 0 Å². The molecule has 0 aliphatic carbocycles. The summed E-state index contributed by atoms with van der Waals surface area (Å²) < 4.78 is 2.13. The first-order chi connectivity index (χ1) is 15.5. The highest BCUT2D eigenvalue weighted by molar-refractivity contribution is 6.06. The van der Waals surface area contributed by atoms with Crippen LogP contribution >= 0.6 is 0 Å². The van der Waals surface area contributed by atoms with Crippen molar-refractivity contribution >= 4 is 28.6 Å². The van der Waals surface area contributed by atoms with Gasteiger partial charge in [0.1, 0.15) is 0 Å².